The van der Waals surface area contributed by atoms with E-state index in [-0.39, 0.29) is 28.3 Å². The third-order valence-electron chi connectivity index (χ3n) is 5.01. The third-order valence-corrected chi connectivity index (χ3v) is 5.01. The second kappa shape index (κ2) is 6.93. The lowest BCUT2D eigenvalue weighted by Gasteiger charge is -2.10. The Hall–Kier alpha value is -4.22. The molecule has 0 unspecified atom stereocenters. The maximum atomic E-state index is 14.2. The van der Waals surface area contributed by atoms with Crippen LogP contribution in [0.2, 0.25) is 0 Å². The van der Waals surface area contributed by atoms with E-state index in [1.165, 1.54) is 39.7 Å². The molecular weight excluding hydrogens is 407 g/mol. The van der Waals surface area contributed by atoms with Gasteiger partial charge in [-0.25, -0.2) is 14.2 Å². The van der Waals surface area contributed by atoms with Gasteiger partial charge in [-0.15, -0.1) is 5.10 Å². The van der Waals surface area contributed by atoms with Gasteiger partial charge >= 0.3 is 5.69 Å². The molecule has 12 heteroatoms. The lowest BCUT2D eigenvalue weighted by atomic mass is 10.2. The van der Waals surface area contributed by atoms with Crippen LogP contribution >= 0.6 is 0 Å². The minimum Gasteiger partial charge on any atom is -0.322 e. The molecule has 1 aliphatic rings. The van der Waals surface area contributed by atoms with Crippen LogP contribution < -0.4 is 16.6 Å². The normalized spacial score (nSPS) is 13.5. The number of halogens is 1. The standard InChI is InChI=1S/C19H15FN8O3/c1-9-24-25-26-28(9)15-7-11(2-5-14(15)20)22-17(29)10-6-13-16(21-8-10)27(12-3-4-12)19(31)23-18(13)30/h2,5-8,12H,3-4H2,1H3,(H,22,29)(H,23,30,31). The number of H-pyrrole nitrogens is 1. The van der Waals surface area contributed by atoms with E-state index in [0.29, 0.717) is 11.5 Å². The largest absolute Gasteiger partial charge is 0.330 e. The Balaban J connectivity index is 1.49. The first-order valence-electron chi connectivity index (χ1n) is 9.43. The molecular formula is C19H15FN8O3. The van der Waals surface area contributed by atoms with E-state index in [0.717, 1.165) is 12.8 Å². The summed E-state index contributed by atoms with van der Waals surface area (Å²) in [5.74, 6) is -0.739. The van der Waals surface area contributed by atoms with Gasteiger partial charge in [-0.2, -0.15) is 4.68 Å². The van der Waals surface area contributed by atoms with Crippen LogP contribution in [0.4, 0.5) is 10.1 Å². The molecule has 3 heterocycles. The van der Waals surface area contributed by atoms with Crippen LogP contribution in [0.15, 0.2) is 40.1 Å². The van der Waals surface area contributed by atoms with Gasteiger partial charge in [-0.3, -0.25) is 19.1 Å². The number of tetrazole rings is 1. The van der Waals surface area contributed by atoms with Crippen molar-refractivity contribution in [2.75, 3.05) is 5.32 Å². The van der Waals surface area contributed by atoms with Crippen molar-refractivity contribution in [2.45, 2.75) is 25.8 Å². The van der Waals surface area contributed by atoms with E-state index in [1.54, 1.807) is 6.92 Å². The number of anilines is 1. The molecule has 1 aromatic carbocycles. The third kappa shape index (κ3) is 3.27. The topological polar surface area (TPSA) is 140 Å². The Kier molecular flexibility index (Phi) is 4.20. The molecule has 4 aromatic rings. The molecule has 1 aliphatic carbocycles. The molecule has 11 nitrogen and oxygen atoms in total. The number of rotatable bonds is 4. The van der Waals surface area contributed by atoms with Crippen molar-refractivity contribution in [3.8, 4) is 5.69 Å². The summed E-state index contributed by atoms with van der Waals surface area (Å²) < 4.78 is 16.9. The van der Waals surface area contributed by atoms with Crippen LogP contribution in [0.3, 0.4) is 0 Å². The fourth-order valence-electron chi connectivity index (χ4n) is 3.34. The smallest absolute Gasteiger partial charge is 0.322 e. The molecule has 156 valence electrons. The molecule has 0 spiro atoms. The van der Waals surface area contributed by atoms with Gasteiger partial charge in [0.2, 0.25) is 0 Å². The number of hydrogen-bond acceptors (Lipinski definition) is 7. The van der Waals surface area contributed by atoms with Crippen LogP contribution in [0.25, 0.3) is 16.7 Å². The average Bonchev–Trinajstić information content (AvgIpc) is 3.49. The fourth-order valence-corrected chi connectivity index (χ4v) is 3.34. The molecule has 1 saturated carbocycles. The van der Waals surface area contributed by atoms with Crippen molar-refractivity contribution >= 4 is 22.6 Å². The van der Waals surface area contributed by atoms with Crippen LogP contribution in [0, 0.1) is 12.7 Å². The van der Waals surface area contributed by atoms with Gasteiger partial charge in [0.1, 0.15) is 17.2 Å². The summed E-state index contributed by atoms with van der Waals surface area (Å²) >= 11 is 0. The maximum absolute atomic E-state index is 14.2. The Morgan fingerprint density at radius 2 is 2.06 bits per heavy atom. The number of pyridine rings is 1. The van der Waals surface area contributed by atoms with Gasteiger partial charge in [0.05, 0.1) is 10.9 Å². The monoisotopic (exact) mass is 422 g/mol. The van der Waals surface area contributed by atoms with Gasteiger partial charge in [0.15, 0.2) is 5.82 Å². The highest BCUT2D eigenvalue weighted by atomic mass is 19.1. The molecule has 0 atom stereocenters. The number of nitrogens with zero attached hydrogens (tertiary/aromatic N) is 6. The Morgan fingerprint density at radius 3 is 2.77 bits per heavy atom. The second-order valence-electron chi connectivity index (χ2n) is 7.21. The molecule has 2 N–H and O–H groups in total. The minimum atomic E-state index is -0.614. The SMILES string of the molecule is Cc1nnnn1-c1cc(NC(=O)c2cnc3c(c2)c(=O)[nH]c(=O)n3C2CC2)ccc1F. The Bertz CT molecular complexity index is 1470. The molecule has 31 heavy (non-hydrogen) atoms. The molecule has 1 amide bonds. The van der Waals surface area contributed by atoms with E-state index in [1.807, 2.05) is 0 Å². The molecule has 5 rings (SSSR count). The molecule has 0 bridgehead atoms. The van der Waals surface area contributed by atoms with E-state index in [9.17, 15) is 18.8 Å². The number of carbonyl (C=O) groups excluding carboxylic acids is 1. The summed E-state index contributed by atoms with van der Waals surface area (Å²) in [6, 6.07) is 5.35. The Labute approximate surface area is 172 Å². The fraction of sp³-hybridized carbons (Fsp3) is 0.211. The van der Waals surface area contributed by atoms with Crippen molar-refractivity contribution in [1.29, 1.82) is 0 Å². The summed E-state index contributed by atoms with van der Waals surface area (Å²) in [5, 5.41) is 13.7. The molecule has 1 fully saturated rings. The summed E-state index contributed by atoms with van der Waals surface area (Å²) in [4.78, 5) is 43.6. The van der Waals surface area contributed by atoms with Gasteiger partial charge in [0, 0.05) is 17.9 Å². The predicted octanol–water partition coefficient (Wildman–Crippen LogP) is 1.10. The number of aromatic nitrogens is 7. The highest BCUT2D eigenvalue weighted by Gasteiger charge is 2.27. The van der Waals surface area contributed by atoms with Gasteiger partial charge in [-0.05, 0) is 54.5 Å². The van der Waals surface area contributed by atoms with Gasteiger partial charge < -0.3 is 5.32 Å². The maximum Gasteiger partial charge on any atom is 0.330 e. The van der Waals surface area contributed by atoms with Crippen LogP contribution in [0.1, 0.15) is 35.1 Å². The first-order chi connectivity index (χ1) is 14.9. The second-order valence-corrected chi connectivity index (χ2v) is 7.21. The molecule has 0 aliphatic heterocycles. The highest BCUT2D eigenvalue weighted by Crippen LogP contribution is 2.34. The van der Waals surface area contributed by atoms with Crippen molar-refractivity contribution in [3.05, 3.63) is 68.5 Å². The zero-order valence-corrected chi connectivity index (χ0v) is 16.2. The summed E-state index contributed by atoms with van der Waals surface area (Å²) in [7, 11) is 0. The van der Waals surface area contributed by atoms with Crippen LogP contribution in [0.5, 0.6) is 0 Å². The van der Waals surface area contributed by atoms with E-state index >= 15 is 0 Å². The lowest BCUT2D eigenvalue weighted by Crippen LogP contribution is -2.30. The summed E-state index contributed by atoms with van der Waals surface area (Å²) in [5.41, 5.74) is -0.400. The highest BCUT2D eigenvalue weighted by molar-refractivity contribution is 6.05. The first kappa shape index (κ1) is 18.8. The zero-order chi connectivity index (χ0) is 21.7. The van der Waals surface area contributed by atoms with E-state index < -0.39 is 23.0 Å². The number of nitrogens with one attached hydrogen (secondary N) is 2. The summed E-state index contributed by atoms with van der Waals surface area (Å²) in [6.45, 7) is 1.62. The van der Waals surface area contributed by atoms with Crippen LogP contribution in [-0.4, -0.2) is 40.6 Å². The number of fused-ring (bicyclic) bond motifs is 1. The number of carbonyl (C=O) groups is 1. The molecule has 3 aromatic heterocycles. The van der Waals surface area contributed by atoms with E-state index in [2.05, 4.69) is 30.8 Å². The first-order valence-corrected chi connectivity index (χ1v) is 9.43. The number of aromatic amines is 1. The number of aryl methyl sites for hydroxylation is 1. The molecule has 0 radical (unpaired) electrons. The van der Waals surface area contributed by atoms with Crippen molar-refractivity contribution < 1.29 is 9.18 Å². The Morgan fingerprint density at radius 1 is 1.26 bits per heavy atom. The molecule has 0 saturated heterocycles. The lowest BCUT2D eigenvalue weighted by molar-refractivity contribution is 0.102. The number of benzene rings is 1. The average molecular weight is 422 g/mol. The van der Waals surface area contributed by atoms with Crippen LogP contribution in [-0.2, 0) is 0 Å². The predicted molar refractivity (Wildman–Crippen MR) is 107 cm³/mol. The summed E-state index contributed by atoms with van der Waals surface area (Å²) in [6.07, 6.45) is 2.96. The zero-order valence-electron chi connectivity index (χ0n) is 16.2. The number of hydrogen-bond donors (Lipinski definition) is 2. The van der Waals surface area contributed by atoms with Crippen molar-refractivity contribution in [3.63, 3.8) is 0 Å². The van der Waals surface area contributed by atoms with Gasteiger partial charge in [0.25, 0.3) is 11.5 Å². The van der Waals surface area contributed by atoms with Crippen molar-refractivity contribution in [2.24, 2.45) is 0 Å². The quantitative estimate of drug-likeness (QED) is 0.502. The van der Waals surface area contributed by atoms with Gasteiger partial charge in [-0.1, -0.05) is 0 Å². The minimum absolute atomic E-state index is 0.00592. The van der Waals surface area contributed by atoms with E-state index in [4.69, 9.17) is 0 Å². The van der Waals surface area contributed by atoms with Crippen molar-refractivity contribution in [1.82, 2.24) is 34.7 Å². The number of amides is 1.